The fourth-order valence-electron chi connectivity index (χ4n) is 3.84. The average Bonchev–Trinajstić information content (AvgIpc) is 2.67. The van der Waals surface area contributed by atoms with Gasteiger partial charge in [-0.25, -0.2) is 4.39 Å². The Balaban J connectivity index is 1.73. The van der Waals surface area contributed by atoms with Crippen molar-refractivity contribution in [1.29, 1.82) is 0 Å². The first kappa shape index (κ1) is 18.2. The van der Waals surface area contributed by atoms with Crippen molar-refractivity contribution in [3.05, 3.63) is 69.5 Å². The Morgan fingerprint density at radius 1 is 1.43 bits per heavy atom. The van der Waals surface area contributed by atoms with Gasteiger partial charge in [-0.3, -0.25) is 14.6 Å². The lowest BCUT2D eigenvalue weighted by Crippen LogP contribution is -2.36. The molecular formula is C21H20FN3O3. The predicted octanol–water partition coefficient (Wildman–Crippen LogP) is 2.72. The van der Waals surface area contributed by atoms with Crippen LogP contribution in [0.25, 0.3) is 10.9 Å². The fraction of sp³-hybridized carbons (Fsp3) is 0.286. The van der Waals surface area contributed by atoms with Crippen LogP contribution >= 0.6 is 0 Å². The minimum absolute atomic E-state index is 0.143. The molecule has 28 heavy (non-hydrogen) atoms. The maximum atomic E-state index is 14.0. The summed E-state index contributed by atoms with van der Waals surface area (Å²) < 4.78 is 15.5. The molecule has 0 bridgehead atoms. The standard InChI is InChI=1S/C21H20FN3O3/c1-12-4-5-14-9-15(22)10-16-18(14)25(12)21(28)17(19(16)26)20(27)24-8-6-13-3-2-7-23-11-13/h2-3,7,9-12,26H,4-6,8H2,1H3,(H,24,27). The number of nitrogens with zero attached hydrogens (tertiary/aromatic N) is 2. The van der Waals surface area contributed by atoms with E-state index < -0.39 is 23.0 Å². The normalized spacial score (nSPS) is 15.6. The van der Waals surface area contributed by atoms with Crippen LogP contribution < -0.4 is 10.9 Å². The van der Waals surface area contributed by atoms with Crippen molar-refractivity contribution in [2.75, 3.05) is 6.54 Å². The zero-order valence-corrected chi connectivity index (χ0v) is 15.4. The van der Waals surface area contributed by atoms with Crippen LogP contribution in [0.15, 0.2) is 41.5 Å². The number of aromatic hydroxyl groups is 1. The molecule has 2 aromatic heterocycles. The first-order valence-corrected chi connectivity index (χ1v) is 9.24. The van der Waals surface area contributed by atoms with Gasteiger partial charge in [-0.15, -0.1) is 0 Å². The maximum absolute atomic E-state index is 14.0. The summed E-state index contributed by atoms with van der Waals surface area (Å²) in [6.07, 6.45) is 5.18. The van der Waals surface area contributed by atoms with E-state index in [1.165, 1.54) is 16.7 Å². The zero-order chi connectivity index (χ0) is 19.8. The van der Waals surface area contributed by atoms with Gasteiger partial charge >= 0.3 is 0 Å². The molecule has 2 N–H and O–H groups in total. The highest BCUT2D eigenvalue weighted by atomic mass is 19.1. The third kappa shape index (κ3) is 3.02. The highest BCUT2D eigenvalue weighted by Gasteiger charge is 2.28. The minimum Gasteiger partial charge on any atom is -0.506 e. The maximum Gasteiger partial charge on any atom is 0.267 e. The fourth-order valence-corrected chi connectivity index (χ4v) is 3.84. The van der Waals surface area contributed by atoms with Gasteiger partial charge in [0, 0.05) is 30.4 Å². The lowest BCUT2D eigenvalue weighted by atomic mass is 9.95. The molecule has 0 saturated heterocycles. The summed E-state index contributed by atoms with van der Waals surface area (Å²) in [5, 5.41) is 13.5. The topological polar surface area (TPSA) is 84.2 Å². The number of hydrogen-bond donors (Lipinski definition) is 2. The summed E-state index contributed by atoms with van der Waals surface area (Å²) >= 11 is 0. The average molecular weight is 381 g/mol. The van der Waals surface area contributed by atoms with Crippen LogP contribution in [0.2, 0.25) is 0 Å². The van der Waals surface area contributed by atoms with Crippen molar-refractivity contribution in [2.24, 2.45) is 0 Å². The molecule has 0 spiro atoms. The van der Waals surface area contributed by atoms with Crippen LogP contribution in [0.3, 0.4) is 0 Å². The van der Waals surface area contributed by atoms with Gasteiger partial charge in [0.15, 0.2) is 0 Å². The lowest BCUT2D eigenvalue weighted by Gasteiger charge is -2.26. The van der Waals surface area contributed by atoms with Crippen LogP contribution in [0.5, 0.6) is 5.75 Å². The van der Waals surface area contributed by atoms with Crippen molar-refractivity contribution in [3.63, 3.8) is 0 Å². The third-order valence-corrected chi connectivity index (χ3v) is 5.24. The van der Waals surface area contributed by atoms with Crippen LogP contribution in [-0.2, 0) is 12.8 Å². The molecule has 3 heterocycles. The summed E-state index contributed by atoms with van der Waals surface area (Å²) in [6, 6.07) is 6.11. The Hall–Kier alpha value is -3.22. The summed E-state index contributed by atoms with van der Waals surface area (Å²) in [5.41, 5.74) is 1.23. The number of carbonyl (C=O) groups is 1. The van der Waals surface area contributed by atoms with E-state index in [-0.39, 0.29) is 23.5 Å². The molecule has 1 atom stereocenters. The molecule has 1 aliphatic heterocycles. The molecule has 0 fully saturated rings. The van der Waals surface area contributed by atoms with Gasteiger partial charge in [0.2, 0.25) is 0 Å². The number of hydrogen-bond acceptors (Lipinski definition) is 4. The zero-order valence-electron chi connectivity index (χ0n) is 15.4. The second-order valence-electron chi connectivity index (χ2n) is 7.11. The highest BCUT2D eigenvalue weighted by molar-refractivity contribution is 6.03. The van der Waals surface area contributed by atoms with E-state index in [0.717, 1.165) is 5.56 Å². The Kier molecular flexibility index (Phi) is 4.58. The van der Waals surface area contributed by atoms with Gasteiger partial charge in [-0.05, 0) is 55.5 Å². The molecule has 6 nitrogen and oxygen atoms in total. The molecule has 144 valence electrons. The lowest BCUT2D eigenvalue weighted by molar-refractivity contribution is 0.0949. The molecule has 0 aliphatic carbocycles. The van der Waals surface area contributed by atoms with Crippen molar-refractivity contribution in [3.8, 4) is 5.75 Å². The first-order chi connectivity index (χ1) is 13.5. The van der Waals surface area contributed by atoms with E-state index in [1.54, 1.807) is 18.5 Å². The van der Waals surface area contributed by atoms with E-state index >= 15 is 0 Å². The van der Waals surface area contributed by atoms with Crippen molar-refractivity contribution < 1.29 is 14.3 Å². The van der Waals surface area contributed by atoms with Gasteiger partial charge in [0.05, 0.1) is 5.52 Å². The molecule has 1 unspecified atom stereocenters. The molecule has 1 aromatic carbocycles. The van der Waals surface area contributed by atoms with Gasteiger partial charge < -0.3 is 15.0 Å². The summed E-state index contributed by atoms with van der Waals surface area (Å²) in [7, 11) is 0. The molecule has 7 heteroatoms. The van der Waals surface area contributed by atoms with E-state index in [9.17, 15) is 19.1 Å². The number of benzene rings is 1. The van der Waals surface area contributed by atoms with Gasteiger partial charge in [0.25, 0.3) is 11.5 Å². The largest absolute Gasteiger partial charge is 0.506 e. The minimum atomic E-state index is -0.666. The number of pyridine rings is 2. The summed E-state index contributed by atoms with van der Waals surface area (Å²) in [4.78, 5) is 29.7. The van der Waals surface area contributed by atoms with E-state index in [4.69, 9.17) is 0 Å². The Morgan fingerprint density at radius 2 is 2.25 bits per heavy atom. The SMILES string of the molecule is CC1CCc2cc(F)cc3c(O)c(C(=O)NCCc4cccnc4)c(=O)n1c23. The third-order valence-electron chi connectivity index (χ3n) is 5.24. The van der Waals surface area contributed by atoms with Crippen molar-refractivity contribution in [2.45, 2.75) is 32.2 Å². The smallest absolute Gasteiger partial charge is 0.267 e. The van der Waals surface area contributed by atoms with Crippen LogP contribution in [-0.4, -0.2) is 27.1 Å². The number of amides is 1. The molecule has 3 aromatic rings. The Morgan fingerprint density at radius 3 is 3.00 bits per heavy atom. The van der Waals surface area contributed by atoms with Gasteiger partial charge in [0.1, 0.15) is 17.1 Å². The quantitative estimate of drug-likeness (QED) is 0.728. The van der Waals surface area contributed by atoms with Crippen molar-refractivity contribution in [1.82, 2.24) is 14.9 Å². The number of nitrogens with one attached hydrogen (secondary N) is 1. The monoisotopic (exact) mass is 381 g/mol. The van der Waals surface area contributed by atoms with Gasteiger partial charge in [-0.2, -0.15) is 0 Å². The second kappa shape index (κ2) is 7.07. The van der Waals surface area contributed by atoms with E-state index in [1.807, 2.05) is 13.0 Å². The number of halogens is 1. The number of rotatable bonds is 4. The van der Waals surface area contributed by atoms with Crippen molar-refractivity contribution >= 4 is 16.8 Å². The van der Waals surface area contributed by atoms with Crippen LogP contribution in [0, 0.1) is 5.82 Å². The summed E-state index contributed by atoms with van der Waals surface area (Å²) in [6.45, 7) is 2.17. The molecule has 0 radical (unpaired) electrons. The number of carbonyl (C=O) groups excluding carboxylic acids is 1. The summed E-state index contributed by atoms with van der Waals surface area (Å²) in [5.74, 6) is -1.63. The molecular weight excluding hydrogens is 361 g/mol. The van der Waals surface area contributed by atoms with Gasteiger partial charge in [-0.1, -0.05) is 6.07 Å². The Bertz CT molecular complexity index is 1130. The van der Waals surface area contributed by atoms with E-state index in [2.05, 4.69) is 10.3 Å². The highest BCUT2D eigenvalue weighted by Crippen LogP contribution is 2.35. The molecule has 1 aliphatic rings. The molecule has 4 rings (SSSR count). The molecule has 0 saturated carbocycles. The van der Waals surface area contributed by atoms with Crippen LogP contribution in [0.4, 0.5) is 4.39 Å². The Labute approximate surface area is 160 Å². The predicted molar refractivity (Wildman–Crippen MR) is 103 cm³/mol. The second-order valence-corrected chi connectivity index (χ2v) is 7.11. The number of aromatic nitrogens is 2. The van der Waals surface area contributed by atoms with Crippen LogP contribution in [0.1, 0.15) is 40.9 Å². The van der Waals surface area contributed by atoms with E-state index in [0.29, 0.717) is 30.3 Å². The number of aryl methyl sites for hydroxylation is 1. The molecule has 1 amide bonds. The first-order valence-electron chi connectivity index (χ1n) is 9.24.